The lowest BCUT2D eigenvalue weighted by Gasteiger charge is -2.30. The van der Waals surface area contributed by atoms with E-state index in [1.807, 2.05) is 0 Å². The number of halogens is 1. The van der Waals surface area contributed by atoms with Crippen LogP contribution in [0.25, 0.3) is 0 Å². The van der Waals surface area contributed by atoms with E-state index in [0.29, 0.717) is 19.5 Å². The number of hydrogen-bond donors (Lipinski definition) is 2. The molecule has 1 aliphatic rings. The average Bonchev–Trinajstić information content (AvgIpc) is 2.55. The lowest BCUT2D eigenvalue weighted by Crippen LogP contribution is -2.43. The lowest BCUT2D eigenvalue weighted by molar-refractivity contribution is 0.184. The minimum Gasteiger partial charge on any atom is -0.396 e. The van der Waals surface area contributed by atoms with Crippen molar-refractivity contribution in [2.24, 2.45) is 0 Å². The summed E-state index contributed by atoms with van der Waals surface area (Å²) in [6, 6.07) is 4.50. The Hall–Kier alpha value is -1.27. The number of fused-ring (bicyclic) bond motifs is 1. The average molecular weight is 340 g/mol. The van der Waals surface area contributed by atoms with Crippen molar-refractivity contribution in [1.82, 2.24) is 10.2 Å². The molecular formula is C17H25FN2O2S. The Morgan fingerprint density at radius 2 is 2.22 bits per heavy atom. The van der Waals surface area contributed by atoms with Gasteiger partial charge in [-0.15, -0.1) is 11.8 Å². The molecule has 0 saturated heterocycles. The minimum absolute atomic E-state index is 0.0734. The Bertz CT molecular complexity index is 519. The summed E-state index contributed by atoms with van der Waals surface area (Å²) in [7, 11) is 0. The highest BCUT2D eigenvalue weighted by Gasteiger charge is 2.24. The predicted molar refractivity (Wildman–Crippen MR) is 91.2 cm³/mol. The SMILES string of the molecule is CCCCN(CCCO)C(=O)NC1CCSc2ccc(F)cc21. The first-order chi connectivity index (χ1) is 11.2. The summed E-state index contributed by atoms with van der Waals surface area (Å²) in [5.41, 5.74) is 0.868. The number of urea groups is 1. The summed E-state index contributed by atoms with van der Waals surface area (Å²) in [5, 5.41) is 12.0. The molecule has 0 spiro atoms. The number of aliphatic hydroxyl groups excluding tert-OH is 1. The lowest BCUT2D eigenvalue weighted by atomic mass is 10.0. The Morgan fingerprint density at radius 3 is 2.96 bits per heavy atom. The molecule has 1 aromatic rings. The topological polar surface area (TPSA) is 52.6 Å². The summed E-state index contributed by atoms with van der Waals surface area (Å²) < 4.78 is 13.5. The zero-order chi connectivity index (χ0) is 16.7. The van der Waals surface area contributed by atoms with Crippen molar-refractivity contribution in [3.63, 3.8) is 0 Å². The number of aliphatic hydroxyl groups is 1. The molecule has 2 rings (SSSR count). The molecule has 6 heteroatoms. The molecule has 2 N–H and O–H groups in total. The number of hydrogen-bond acceptors (Lipinski definition) is 3. The fourth-order valence-corrected chi connectivity index (χ4v) is 3.79. The van der Waals surface area contributed by atoms with Gasteiger partial charge in [0.2, 0.25) is 0 Å². The fraction of sp³-hybridized carbons (Fsp3) is 0.588. The predicted octanol–water partition coefficient (Wildman–Crippen LogP) is 3.56. The maximum Gasteiger partial charge on any atom is 0.317 e. The van der Waals surface area contributed by atoms with Crippen molar-refractivity contribution in [3.8, 4) is 0 Å². The Kier molecular flexibility index (Phi) is 7.17. The van der Waals surface area contributed by atoms with Gasteiger partial charge >= 0.3 is 6.03 Å². The van der Waals surface area contributed by atoms with E-state index < -0.39 is 0 Å². The molecule has 1 atom stereocenters. The van der Waals surface area contributed by atoms with Crippen LogP contribution < -0.4 is 5.32 Å². The Balaban J connectivity index is 2.05. The second-order valence-electron chi connectivity index (χ2n) is 5.74. The van der Waals surface area contributed by atoms with Crippen molar-refractivity contribution in [1.29, 1.82) is 0 Å². The Labute approximate surface area is 141 Å². The van der Waals surface area contributed by atoms with Crippen molar-refractivity contribution in [3.05, 3.63) is 29.6 Å². The summed E-state index contributed by atoms with van der Waals surface area (Å²) in [5.74, 6) is 0.642. The zero-order valence-electron chi connectivity index (χ0n) is 13.6. The first kappa shape index (κ1) is 18.1. The smallest absolute Gasteiger partial charge is 0.317 e. The Morgan fingerprint density at radius 1 is 1.43 bits per heavy atom. The second kappa shape index (κ2) is 9.13. The molecule has 0 radical (unpaired) electrons. The van der Waals surface area contributed by atoms with E-state index in [0.717, 1.165) is 35.5 Å². The van der Waals surface area contributed by atoms with Gasteiger partial charge in [0.1, 0.15) is 5.82 Å². The summed E-state index contributed by atoms with van der Waals surface area (Å²) in [4.78, 5) is 15.3. The monoisotopic (exact) mass is 340 g/mol. The number of amides is 2. The van der Waals surface area contributed by atoms with Gasteiger partial charge in [-0.3, -0.25) is 0 Å². The number of benzene rings is 1. The molecule has 0 saturated carbocycles. The summed E-state index contributed by atoms with van der Waals surface area (Å²) in [6.07, 6.45) is 3.32. The third kappa shape index (κ3) is 5.11. The van der Waals surface area contributed by atoms with Crippen LogP contribution in [-0.2, 0) is 0 Å². The molecular weight excluding hydrogens is 315 g/mol. The van der Waals surface area contributed by atoms with Gasteiger partial charge in [-0.25, -0.2) is 9.18 Å². The van der Waals surface area contributed by atoms with E-state index in [1.54, 1.807) is 22.7 Å². The second-order valence-corrected chi connectivity index (χ2v) is 6.88. The minimum atomic E-state index is -0.270. The molecule has 0 bridgehead atoms. The van der Waals surface area contributed by atoms with E-state index in [-0.39, 0.29) is 24.5 Å². The van der Waals surface area contributed by atoms with Gasteiger partial charge in [-0.2, -0.15) is 0 Å². The van der Waals surface area contributed by atoms with Crippen LogP contribution in [0.4, 0.5) is 9.18 Å². The normalized spacial score (nSPS) is 16.7. The number of rotatable bonds is 7. The van der Waals surface area contributed by atoms with Crippen LogP contribution >= 0.6 is 11.8 Å². The van der Waals surface area contributed by atoms with E-state index in [9.17, 15) is 9.18 Å². The van der Waals surface area contributed by atoms with E-state index in [1.165, 1.54) is 12.1 Å². The molecule has 0 fully saturated rings. The maximum absolute atomic E-state index is 13.5. The van der Waals surface area contributed by atoms with E-state index in [2.05, 4.69) is 12.2 Å². The molecule has 1 unspecified atom stereocenters. The molecule has 0 aromatic heterocycles. The number of carbonyl (C=O) groups is 1. The van der Waals surface area contributed by atoms with Crippen molar-refractivity contribution >= 4 is 17.8 Å². The van der Waals surface area contributed by atoms with Crippen LogP contribution in [0.15, 0.2) is 23.1 Å². The largest absolute Gasteiger partial charge is 0.396 e. The number of nitrogens with one attached hydrogen (secondary N) is 1. The first-order valence-corrected chi connectivity index (χ1v) is 9.22. The van der Waals surface area contributed by atoms with Gasteiger partial charge in [0.25, 0.3) is 0 Å². The van der Waals surface area contributed by atoms with Crippen LogP contribution in [0.5, 0.6) is 0 Å². The van der Waals surface area contributed by atoms with Gasteiger partial charge < -0.3 is 15.3 Å². The molecule has 1 aliphatic heterocycles. The molecule has 2 amide bonds. The van der Waals surface area contributed by atoms with Gasteiger partial charge in [0.05, 0.1) is 6.04 Å². The third-order valence-corrected chi connectivity index (χ3v) is 5.09. The zero-order valence-corrected chi connectivity index (χ0v) is 14.4. The number of unbranched alkanes of at least 4 members (excludes halogenated alkanes) is 1. The van der Waals surface area contributed by atoms with Gasteiger partial charge in [0, 0.05) is 30.3 Å². The number of nitrogens with zero attached hydrogens (tertiary/aromatic N) is 1. The molecule has 1 heterocycles. The molecule has 128 valence electrons. The van der Waals surface area contributed by atoms with Crippen molar-refractivity contribution in [2.75, 3.05) is 25.4 Å². The van der Waals surface area contributed by atoms with Gasteiger partial charge in [-0.1, -0.05) is 13.3 Å². The number of thioether (sulfide) groups is 1. The van der Waals surface area contributed by atoms with Crippen LogP contribution in [-0.4, -0.2) is 41.5 Å². The molecule has 23 heavy (non-hydrogen) atoms. The van der Waals surface area contributed by atoms with Crippen molar-refractivity contribution in [2.45, 2.75) is 43.5 Å². The van der Waals surface area contributed by atoms with Crippen LogP contribution in [0, 0.1) is 5.82 Å². The standard InChI is InChI=1S/C17H25FN2O2S/c1-2-3-8-20(9-4-10-21)17(22)19-15-7-11-23-16-6-5-13(18)12-14(15)16/h5-6,12,15,21H,2-4,7-11H2,1H3,(H,19,22). The highest BCUT2D eigenvalue weighted by atomic mass is 32.2. The van der Waals surface area contributed by atoms with Crippen LogP contribution in [0.1, 0.15) is 44.2 Å². The van der Waals surface area contributed by atoms with Crippen LogP contribution in [0.3, 0.4) is 0 Å². The van der Waals surface area contributed by atoms with E-state index >= 15 is 0 Å². The highest BCUT2D eigenvalue weighted by Crippen LogP contribution is 2.36. The van der Waals surface area contributed by atoms with Crippen LogP contribution in [0.2, 0.25) is 0 Å². The van der Waals surface area contributed by atoms with E-state index in [4.69, 9.17) is 5.11 Å². The quantitative estimate of drug-likeness (QED) is 0.798. The first-order valence-electron chi connectivity index (χ1n) is 8.24. The van der Waals surface area contributed by atoms with Gasteiger partial charge in [0.15, 0.2) is 0 Å². The highest BCUT2D eigenvalue weighted by molar-refractivity contribution is 7.99. The molecule has 1 aromatic carbocycles. The maximum atomic E-state index is 13.5. The summed E-state index contributed by atoms with van der Waals surface area (Å²) in [6.45, 7) is 3.38. The van der Waals surface area contributed by atoms with Crippen molar-refractivity contribution < 1.29 is 14.3 Å². The molecule has 0 aliphatic carbocycles. The van der Waals surface area contributed by atoms with Gasteiger partial charge in [-0.05, 0) is 43.0 Å². The third-order valence-electron chi connectivity index (χ3n) is 3.96. The number of carbonyl (C=O) groups excluding carboxylic acids is 1. The fourth-order valence-electron chi connectivity index (χ4n) is 2.68. The summed E-state index contributed by atoms with van der Waals surface area (Å²) >= 11 is 1.70. The molecule has 4 nitrogen and oxygen atoms in total.